The molecule has 0 saturated heterocycles. The Bertz CT molecular complexity index is 450. The molecule has 0 amide bonds. The first-order valence-corrected chi connectivity index (χ1v) is 6.19. The molecule has 3 nitrogen and oxygen atoms in total. The number of aromatic hydroxyl groups is 1. The zero-order chi connectivity index (χ0) is 11.4. The van der Waals surface area contributed by atoms with E-state index in [9.17, 15) is 0 Å². The van der Waals surface area contributed by atoms with Crippen molar-refractivity contribution in [2.75, 3.05) is 0 Å². The van der Waals surface area contributed by atoms with Crippen molar-refractivity contribution in [1.82, 2.24) is 9.55 Å². The van der Waals surface area contributed by atoms with Gasteiger partial charge in [-0.2, -0.15) is 0 Å². The van der Waals surface area contributed by atoms with E-state index in [1.807, 2.05) is 24.7 Å². The van der Waals surface area contributed by atoms with Crippen molar-refractivity contribution in [2.24, 2.45) is 0 Å². The Morgan fingerprint density at radius 3 is 2.75 bits per heavy atom. The minimum atomic E-state index is 0.308. The third kappa shape index (κ3) is 2.58. The second kappa shape index (κ2) is 5.07. The van der Waals surface area contributed by atoms with Gasteiger partial charge in [0.2, 0.25) is 0 Å². The number of hydrogen-bond donors (Lipinski definition) is 1. The highest BCUT2D eigenvalue weighted by Crippen LogP contribution is 2.24. The van der Waals surface area contributed by atoms with E-state index >= 15 is 0 Å². The largest absolute Gasteiger partial charge is 0.508 e. The number of benzene rings is 1. The maximum absolute atomic E-state index is 9.17. The number of phenols is 1. The van der Waals surface area contributed by atoms with Crippen molar-refractivity contribution in [2.45, 2.75) is 24.1 Å². The van der Waals surface area contributed by atoms with Crippen LogP contribution in [0, 0.1) is 0 Å². The summed E-state index contributed by atoms with van der Waals surface area (Å²) in [4.78, 5) is 5.28. The number of imidazole rings is 1. The van der Waals surface area contributed by atoms with Crippen LogP contribution in [0.15, 0.2) is 41.7 Å². The zero-order valence-corrected chi connectivity index (χ0v) is 9.94. The van der Waals surface area contributed by atoms with Crippen LogP contribution < -0.4 is 0 Å². The molecule has 0 aliphatic heterocycles. The molecule has 1 aromatic carbocycles. The van der Waals surface area contributed by atoms with Crippen molar-refractivity contribution in [3.8, 4) is 5.75 Å². The molecule has 1 heterocycles. The first-order chi connectivity index (χ1) is 7.79. The average Bonchev–Trinajstić information content (AvgIpc) is 2.76. The molecule has 1 N–H and O–H groups in total. The molecule has 1 aromatic heterocycles. The fourth-order valence-corrected chi connectivity index (χ4v) is 2.34. The minimum Gasteiger partial charge on any atom is -0.508 e. The molecule has 2 aromatic rings. The number of rotatable bonds is 4. The van der Waals surface area contributed by atoms with Gasteiger partial charge < -0.3 is 9.67 Å². The number of thioether (sulfide) groups is 1. The summed E-state index contributed by atoms with van der Waals surface area (Å²) in [5.41, 5.74) is 1.22. The summed E-state index contributed by atoms with van der Waals surface area (Å²) in [6.45, 7) is 3.06. The highest BCUT2D eigenvalue weighted by Gasteiger charge is 2.01. The monoisotopic (exact) mass is 234 g/mol. The summed E-state index contributed by atoms with van der Waals surface area (Å²) < 4.78 is 2.13. The lowest BCUT2D eigenvalue weighted by molar-refractivity contribution is 0.475. The quantitative estimate of drug-likeness (QED) is 0.827. The summed E-state index contributed by atoms with van der Waals surface area (Å²) in [7, 11) is 0. The fraction of sp³-hybridized carbons (Fsp3) is 0.250. The predicted octanol–water partition coefficient (Wildman–Crippen LogP) is 2.90. The lowest BCUT2D eigenvalue weighted by Gasteiger charge is -2.04. The van der Waals surface area contributed by atoms with Gasteiger partial charge in [-0.05, 0) is 31.2 Å². The van der Waals surface area contributed by atoms with Gasteiger partial charge in [0.25, 0.3) is 0 Å². The maximum atomic E-state index is 9.17. The van der Waals surface area contributed by atoms with Crippen LogP contribution in [-0.4, -0.2) is 14.7 Å². The van der Waals surface area contributed by atoms with Crippen LogP contribution in [0.1, 0.15) is 12.6 Å². The van der Waals surface area contributed by atoms with Crippen LogP contribution in [0.25, 0.3) is 0 Å². The molecule has 4 heteroatoms. The molecule has 0 aliphatic carbocycles. The molecule has 0 unspecified atom stereocenters. The number of phenolic OH excluding ortho intramolecular Hbond substituents is 1. The Labute approximate surface area is 99.1 Å². The average molecular weight is 234 g/mol. The van der Waals surface area contributed by atoms with Crippen molar-refractivity contribution in [3.63, 3.8) is 0 Å². The normalized spacial score (nSPS) is 10.6. The van der Waals surface area contributed by atoms with Crippen LogP contribution in [0.3, 0.4) is 0 Å². The van der Waals surface area contributed by atoms with Gasteiger partial charge in [0.1, 0.15) is 5.75 Å². The standard InChI is InChI=1S/C12H14N2OS/c1-2-14-9-13-7-10(14)8-16-12-5-3-11(15)4-6-12/h3-7,9,15H,2,8H2,1H3. The van der Waals surface area contributed by atoms with Crippen molar-refractivity contribution in [1.29, 1.82) is 0 Å². The number of aryl methyl sites for hydroxylation is 1. The lowest BCUT2D eigenvalue weighted by atomic mass is 10.3. The molecule has 0 fully saturated rings. The molecule has 0 spiro atoms. The van der Waals surface area contributed by atoms with Gasteiger partial charge in [0.15, 0.2) is 0 Å². The summed E-state index contributed by atoms with van der Waals surface area (Å²) in [5.74, 6) is 1.21. The smallest absolute Gasteiger partial charge is 0.115 e. The third-order valence-corrected chi connectivity index (χ3v) is 3.41. The highest BCUT2D eigenvalue weighted by atomic mass is 32.2. The van der Waals surface area contributed by atoms with Gasteiger partial charge in [-0.3, -0.25) is 0 Å². The summed E-state index contributed by atoms with van der Waals surface area (Å²) >= 11 is 1.74. The Kier molecular flexibility index (Phi) is 3.51. The van der Waals surface area contributed by atoms with E-state index in [0.717, 1.165) is 17.2 Å². The van der Waals surface area contributed by atoms with Crippen LogP contribution in [0.5, 0.6) is 5.75 Å². The van der Waals surface area contributed by atoms with Crippen LogP contribution in [-0.2, 0) is 12.3 Å². The topological polar surface area (TPSA) is 38.0 Å². The number of hydrogen-bond acceptors (Lipinski definition) is 3. The Balaban J connectivity index is 1.99. The molecule has 0 bridgehead atoms. The highest BCUT2D eigenvalue weighted by molar-refractivity contribution is 7.98. The molecule has 0 radical (unpaired) electrons. The summed E-state index contributed by atoms with van der Waals surface area (Å²) in [6.07, 6.45) is 3.75. The minimum absolute atomic E-state index is 0.308. The van der Waals surface area contributed by atoms with E-state index in [4.69, 9.17) is 5.11 Å². The lowest BCUT2D eigenvalue weighted by Crippen LogP contribution is -1.96. The molecule has 0 saturated carbocycles. The molecule has 16 heavy (non-hydrogen) atoms. The summed E-state index contributed by atoms with van der Waals surface area (Å²) in [6, 6.07) is 7.26. The number of aromatic nitrogens is 2. The van der Waals surface area contributed by atoms with Gasteiger partial charge in [-0.1, -0.05) is 0 Å². The van der Waals surface area contributed by atoms with E-state index in [2.05, 4.69) is 16.5 Å². The van der Waals surface area contributed by atoms with E-state index in [1.165, 1.54) is 5.69 Å². The first kappa shape index (κ1) is 11.1. The molecule has 2 rings (SSSR count). The Morgan fingerprint density at radius 2 is 2.06 bits per heavy atom. The van der Waals surface area contributed by atoms with Crippen LogP contribution >= 0.6 is 11.8 Å². The van der Waals surface area contributed by atoms with Gasteiger partial charge in [-0.25, -0.2) is 4.98 Å². The van der Waals surface area contributed by atoms with E-state index in [-0.39, 0.29) is 0 Å². The molecule has 84 valence electrons. The predicted molar refractivity (Wildman–Crippen MR) is 65.6 cm³/mol. The first-order valence-electron chi connectivity index (χ1n) is 5.20. The van der Waals surface area contributed by atoms with Crippen molar-refractivity contribution < 1.29 is 5.11 Å². The molecule has 0 atom stereocenters. The molecular formula is C12H14N2OS. The zero-order valence-electron chi connectivity index (χ0n) is 9.13. The van der Waals surface area contributed by atoms with Gasteiger partial charge >= 0.3 is 0 Å². The SMILES string of the molecule is CCn1cncc1CSc1ccc(O)cc1. The Morgan fingerprint density at radius 1 is 1.31 bits per heavy atom. The van der Waals surface area contributed by atoms with E-state index in [1.54, 1.807) is 23.9 Å². The van der Waals surface area contributed by atoms with Crippen molar-refractivity contribution in [3.05, 3.63) is 42.5 Å². The Hall–Kier alpha value is -1.42. The number of nitrogens with zero attached hydrogens (tertiary/aromatic N) is 2. The van der Waals surface area contributed by atoms with Crippen LogP contribution in [0.2, 0.25) is 0 Å². The maximum Gasteiger partial charge on any atom is 0.115 e. The van der Waals surface area contributed by atoms with E-state index < -0.39 is 0 Å². The fourth-order valence-electron chi connectivity index (χ4n) is 1.45. The van der Waals surface area contributed by atoms with Crippen molar-refractivity contribution >= 4 is 11.8 Å². The molecule has 0 aliphatic rings. The third-order valence-electron chi connectivity index (χ3n) is 2.36. The van der Waals surface area contributed by atoms with Crippen LogP contribution in [0.4, 0.5) is 0 Å². The second-order valence-corrected chi connectivity index (χ2v) is 4.50. The molecular weight excluding hydrogens is 220 g/mol. The van der Waals surface area contributed by atoms with Gasteiger partial charge in [0.05, 0.1) is 6.33 Å². The van der Waals surface area contributed by atoms with E-state index in [0.29, 0.717) is 5.75 Å². The summed E-state index contributed by atoms with van der Waals surface area (Å²) in [5, 5.41) is 9.17. The second-order valence-electron chi connectivity index (χ2n) is 3.45. The van der Waals surface area contributed by atoms with Gasteiger partial charge in [-0.15, -0.1) is 11.8 Å². The van der Waals surface area contributed by atoms with Gasteiger partial charge in [0, 0.05) is 29.1 Å².